The number of hydrogen-bond acceptors (Lipinski definition) is 6. The number of pyridine rings is 1. The van der Waals surface area contributed by atoms with Gasteiger partial charge in [0, 0.05) is 29.3 Å². The van der Waals surface area contributed by atoms with Crippen molar-refractivity contribution in [3.63, 3.8) is 0 Å². The molecule has 4 rings (SSSR count). The zero-order valence-corrected chi connectivity index (χ0v) is 16.1. The van der Waals surface area contributed by atoms with Crippen LogP contribution >= 0.6 is 11.3 Å². The van der Waals surface area contributed by atoms with Crippen molar-refractivity contribution in [3.8, 4) is 27.7 Å². The third-order valence-corrected chi connectivity index (χ3v) is 4.99. The standard InChI is InChI=1S/C19H12N2O4S.C2H6/c22-14-5-1-12(2-6-14)18-11-16-19(26-18)17(9-10-20-16)25-15-7-3-13(4-8-15)21(23)24;1-2/h1-11,22H;1-2H3. The zero-order chi connectivity index (χ0) is 20.1. The van der Waals surface area contributed by atoms with E-state index in [9.17, 15) is 15.2 Å². The van der Waals surface area contributed by atoms with Crippen molar-refractivity contribution in [3.05, 3.63) is 77.0 Å². The molecule has 2 aromatic heterocycles. The third-order valence-electron chi connectivity index (χ3n) is 3.80. The number of aromatic nitrogens is 1. The summed E-state index contributed by atoms with van der Waals surface area (Å²) in [7, 11) is 0. The van der Waals surface area contributed by atoms with E-state index in [1.807, 2.05) is 32.0 Å². The van der Waals surface area contributed by atoms with Crippen LogP contribution in [0.1, 0.15) is 13.8 Å². The number of nitro benzene ring substituents is 1. The van der Waals surface area contributed by atoms with Gasteiger partial charge in [-0.25, -0.2) is 0 Å². The Kier molecular flexibility index (Phi) is 5.86. The summed E-state index contributed by atoms with van der Waals surface area (Å²) in [4.78, 5) is 15.7. The highest BCUT2D eigenvalue weighted by Crippen LogP contribution is 2.39. The number of nitrogens with zero attached hydrogens (tertiary/aromatic N) is 2. The van der Waals surface area contributed by atoms with Crippen LogP contribution in [0.25, 0.3) is 20.7 Å². The molecule has 4 aromatic rings. The number of phenolic OH excluding ortho intramolecular Hbond substituents is 1. The largest absolute Gasteiger partial charge is 0.508 e. The Balaban J connectivity index is 0.00000109. The van der Waals surface area contributed by atoms with Gasteiger partial charge >= 0.3 is 0 Å². The summed E-state index contributed by atoms with van der Waals surface area (Å²) in [6.07, 6.45) is 1.66. The molecule has 1 N–H and O–H groups in total. The second kappa shape index (κ2) is 8.49. The molecule has 0 saturated heterocycles. The fourth-order valence-electron chi connectivity index (χ4n) is 2.53. The molecular formula is C21H18N2O4S. The molecule has 7 heteroatoms. The Morgan fingerprint density at radius 3 is 2.36 bits per heavy atom. The van der Waals surface area contributed by atoms with Gasteiger partial charge in [0.25, 0.3) is 5.69 Å². The number of non-ortho nitro benzene ring substituents is 1. The lowest BCUT2D eigenvalue weighted by Crippen LogP contribution is -1.88. The fourth-order valence-corrected chi connectivity index (χ4v) is 3.60. The molecule has 0 unspecified atom stereocenters. The van der Waals surface area contributed by atoms with Gasteiger partial charge in [0.05, 0.1) is 15.1 Å². The number of benzene rings is 2. The summed E-state index contributed by atoms with van der Waals surface area (Å²) in [6.45, 7) is 4.00. The Hall–Kier alpha value is -3.45. The molecule has 2 heterocycles. The minimum Gasteiger partial charge on any atom is -0.508 e. The first-order valence-corrected chi connectivity index (χ1v) is 9.52. The first kappa shape index (κ1) is 19.3. The molecule has 0 spiro atoms. The molecule has 142 valence electrons. The second-order valence-electron chi connectivity index (χ2n) is 5.53. The van der Waals surface area contributed by atoms with Crippen molar-refractivity contribution in [1.29, 1.82) is 0 Å². The van der Waals surface area contributed by atoms with Gasteiger partial charge in [0.15, 0.2) is 0 Å². The lowest BCUT2D eigenvalue weighted by molar-refractivity contribution is -0.384. The highest BCUT2D eigenvalue weighted by molar-refractivity contribution is 7.22. The van der Waals surface area contributed by atoms with Gasteiger partial charge in [-0.1, -0.05) is 13.8 Å². The van der Waals surface area contributed by atoms with Gasteiger partial charge in [-0.3, -0.25) is 15.1 Å². The molecule has 0 saturated carbocycles. The molecule has 2 aromatic carbocycles. The fraction of sp³-hybridized carbons (Fsp3) is 0.0952. The molecule has 0 aliphatic carbocycles. The number of hydrogen-bond donors (Lipinski definition) is 1. The topological polar surface area (TPSA) is 85.5 Å². The molecule has 0 aliphatic heterocycles. The lowest BCUT2D eigenvalue weighted by atomic mass is 10.2. The van der Waals surface area contributed by atoms with Crippen LogP contribution in [0.5, 0.6) is 17.2 Å². The van der Waals surface area contributed by atoms with E-state index in [1.54, 1.807) is 36.5 Å². The predicted octanol–water partition coefficient (Wildman–Crippen LogP) is 6.40. The molecule has 0 aliphatic rings. The normalized spacial score (nSPS) is 10.2. The van der Waals surface area contributed by atoms with Gasteiger partial charge in [0.2, 0.25) is 0 Å². The van der Waals surface area contributed by atoms with Crippen LogP contribution in [0.3, 0.4) is 0 Å². The van der Waals surface area contributed by atoms with Crippen molar-refractivity contribution in [2.45, 2.75) is 13.8 Å². The van der Waals surface area contributed by atoms with E-state index in [2.05, 4.69) is 4.98 Å². The Bertz CT molecular complexity index is 1090. The lowest BCUT2D eigenvalue weighted by Gasteiger charge is -2.06. The molecule has 6 nitrogen and oxygen atoms in total. The van der Waals surface area contributed by atoms with E-state index in [0.717, 1.165) is 20.7 Å². The van der Waals surface area contributed by atoms with E-state index in [1.165, 1.54) is 23.5 Å². The maximum absolute atomic E-state index is 10.7. The highest BCUT2D eigenvalue weighted by atomic mass is 32.1. The summed E-state index contributed by atoms with van der Waals surface area (Å²) in [5, 5.41) is 20.2. The van der Waals surface area contributed by atoms with Crippen molar-refractivity contribution in [1.82, 2.24) is 4.98 Å². The summed E-state index contributed by atoms with van der Waals surface area (Å²) in [6, 6.07) is 16.7. The van der Waals surface area contributed by atoms with Crippen LogP contribution in [0.2, 0.25) is 0 Å². The minimum absolute atomic E-state index is 0.0166. The van der Waals surface area contributed by atoms with Gasteiger partial charge in [-0.15, -0.1) is 11.3 Å². The molecule has 0 fully saturated rings. The summed E-state index contributed by atoms with van der Waals surface area (Å²) < 4.78 is 6.79. The third kappa shape index (κ3) is 4.10. The number of phenols is 1. The number of rotatable bonds is 4. The van der Waals surface area contributed by atoms with E-state index >= 15 is 0 Å². The number of thiophene rings is 1. The van der Waals surface area contributed by atoms with Crippen molar-refractivity contribution in [2.24, 2.45) is 0 Å². The van der Waals surface area contributed by atoms with Crippen LogP contribution in [0.4, 0.5) is 5.69 Å². The highest BCUT2D eigenvalue weighted by Gasteiger charge is 2.12. The number of nitro groups is 1. The average Bonchev–Trinajstić information content (AvgIpc) is 3.16. The van der Waals surface area contributed by atoms with Crippen molar-refractivity contribution >= 4 is 27.2 Å². The van der Waals surface area contributed by atoms with E-state index in [0.29, 0.717) is 11.5 Å². The zero-order valence-electron chi connectivity index (χ0n) is 15.3. The minimum atomic E-state index is -0.447. The number of ether oxygens (including phenoxy) is 1. The number of aromatic hydroxyl groups is 1. The maximum atomic E-state index is 10.7. The molecule has 0 radical (unpaired) electrons. The van der Waals surface area contributed by atoms with E-state index in [4.69, 9.17) is 4.74 Å². The van der Waals surface area contributed by atoms with Gasteiger partial charge in [0.1, 0.15) is 17.2 Å². The van der Waals surface area contributed by atoms with Crippen LogP contribution < -0.4 is 4.74 Å². The van der Waals surface area contributed by atoms with Crippen LogP contribution in [0, 0.1) is 10.1 Å². The molecular weight excluding hydrogens is 376 g/mol. The maximum Gasteiger partial charge on any atom is 0.269 e. The van der Waals surface area contributed by atoms with Crippen LogP contribution in [-0.4, -0.2) is 15.0 Å². The average molecular weight is 394 g/mol. The van der Waals surface area contributed by atoms with Crippen LogP contribution in [-0.2, 0) is 0 Å². The first-order chi connectivity index (χ1) is 13.6. The SMILES string of the molecule is CC.O=[N+]([O-])c1ccc(Oc2ccnc3cc(-c4ccc(O)cc4)sc23)cc1. The predicted molar refractivity (Wildman–Crippen MR) is 111 cm³/mol. The van der Waals surface area contributed by atoms with Crippen LogP contribution in [0.15, 0.2) is 66.9 Å². The van der Waals surface area contributed by atoms with Gasteiger partial charge in [-0.05, 0) is 48.0 Å². The molecule has 0 amide bonds. The van der Waals surface area contributed by atoms with E-state index < -0.39 is 4.92 Å². The smallest absolute Gasteiger partial charge is 0.269 e. The summed E-state index contributed by atoms with van der Waals surface area (Å²) in [5.74, 6) is 1.37. The quantitative estimate of drug-likeness (QED) is 0.320. The van der Waals surface area contributed by atoms with Gasteiger partial charge < -0.3 is 9.84 Å². The molecule has 28 heavy (non-hydrogen) atoms. The summed E-state index contributed by atoms with van der Waals surface area (Å²) in [5.41, 5.74) is 1.80. The van der Waals surface area contributed by atoms with E-state index in [-0.39, 0.29) is 11.4 Å². The molecule has 0 bridgehead atoms. The number of fused-ring (bicyclic) bond motifs is 1. The van der Waals surface area contributed by atoms with Gasteiger partial charge in [-0.2, -0.15) is 0 Å². The first-order valence-electron chi connectivity index (χ1n) is 8.70. The Morgan fingerprint density at radius 2 is 1.71 bits per heavy atom. The Labute approximate surface area is 165 Å². The monoisotopic (exact) mass is 394 g/mol. The summed E-state index contributed by atoms with van der Waals surface area (Å²) >= 11 is 1.53. The second-order valence-corrected chi connectivity index (χ2v) is 6.59. The Morgan fingerprint density at radius 1 is 1.04 bits per heavy atom. The van der Waals surface area contributed by atoms with Crippen molar-refractivity contribution < 1.29 is 14.8 Å². The molecule has 0 atom stereocenters. The van der Waals surface area contributed by atoms with Crippen molar-refractivity contribution in [2.75, 3.05) is 0 Å².